The quantitative estimate of drug-likeness (QED) is 0.807. The number of imidazole rings is 1. The van der Waals surface area contributed by atoms with E-state index in [1.54, 1.807) is 12.3 Å². The van der Waals surface area contributed by atoms with Crippen LogP contribution in [-0.2, 0) is 17.8 Å². The van der Waals surface area contributed by atoms with Crippen LogP contribution in [0.15, 0.2) is 29.6 Å². The van der Waals surface area contributed by atoms with E-state index >= 15 is 0 Å². The van der Waals surface area contributed by atoms with Gasteiger partial charge in [0.1, 0.15) is 0 Å². The highest BCUT2D eigenvalue weighted by Crippen LogP contribution is 2.23. The molecule has 21 heavy (non-hydrogen) atoms. The molecule has 1 aromatic carbocycles. The zero-order valence-electron chi connectivity index (χ0n) is 11.3. The number of nitrogens with zero attached hydrogens (tertiary/aromatic N) is 2. The van der Waals surface area contributed by atoms with Gasteiger partial charge in [0.05, 0.1) is 5.75 Å². The molecule has 0 atom stereocenters. The van der Waals surface area contributed by atoms with Gasteiger partial charge in [-0.25, -0.2) is 4.98 Å². The van der Waals surface area contributed by atoms with Crippen molar-refractivity contribution in [1.82, 2.24) is 9.55 Å². The van der Waals surface area contributed by atoms with Crippen LogP contribution < -0.4 is 0 Å². The molecule has 1 heterocycles. The number of hydrogen-bond donors (Lipinski definition) is 1. The zero-order chi connectivity index (χ0) is 15.4. The fraction of sp³-hybridized carbons (Fsp3) is 0.286. The second kappa shape index (κ2) is 7.20. The monoisotopic (exact) mass is 344 g/mol. The standard InChI is InChI=1S/C14H14Cl2N2O2S/c1-9-7-17-14(21-8-13(19)20)18(9)5-4-10-2-3-11(15)6-12(10)16/h2-3,6-7H,4-5,8H2,1H3,(H,19,20). The van der Waals surface area contributed by atoms with Crippen molar-refractivity contribution < 1.29 is 9.90 Å². The number of aromatic nitrogens is 2. The summed E-state index contributed by atoms with van der Waals surface area (Å²) in [7, 11) is 0. The van der Waals surface area contributed by atoms with Crippen molar-refractivity contribution in [3.63, 3.8) is 0 Å². The molecule has 2 rings (SSSR count). The molecular formula is C14H14Cl2N2O2S. The molecule has 0 aliphatic rings. The van der Waals surface area contributed by atoms with Gasteiger partial charge in [0, 0.05) is 28.5 Å². The zero-order valence-corrected chi connectivity index (χ0v) is 13.7. The van der Waals surface area contributed by atoms with Crippen molar-refractivity contribution in [2.45, 2.75) is 25.0 Å². The number of benzene rings is 1. The minimum atomic E-state index is -0.854. The van der Waals surface area contributed by atoms with E-state index in [9.17, 15) is 4.79 Å². The van der Waals surface area contributed by atoms with E-state index in [-0.39, 0.29) is 5.75 Å². The number of carbonyl (C=O) groups is 1. The first kappa shape index (κ1) is 16.2. The Kier molecular flexibility index (Phi) is 5.56. The Labute approximate surface area is 137 Å². The smallest absolute Gasteiger partial charge is 0.313 e. The van der Waals surface area contributed by atoms with Gasteiger partial charge < -0.3 is 9.67 Å². The molecule has 7 heteroatoms. The maximum Gasteiger partial charge on any atom is 0.313 e. The highest BCUT2D eigenvalue weighted by atomic mass is 35.5. The van der Waals surface area contributed by atoms with Crippen LogP contribution in [0.25, 0.3) is 0 Å². The molecule has 0 aliphatic carbocycles. The van der Waals surface area contributed by atoms with Crippen molar-refractivity contribution in [3.05, 3.63) is 45.7 Å². The van der Waals surface area contributed by atoms with Gasteiger partial charge in [-0.15, -0.1) is 0 Å². The maximum atomic E-state index is 10.7. The van der Waals surface area contributed by atoms with Crippen molar-refractivity contribution in [2.24, 2.45) is 0 Å². The number of aryl methyl sites for hydroxylation is 2. The number of aliphatic carboxylic acids is 1. The molecule has 0 unspecified atom stereocenters. The van der Waals surface area contributed by atoms with E-state index in [4.69, 9.17) is 28.3 Å². The third-order valence-corrected chi connectivity index (χ3v) is 4.53. The molecule has 4 nitrogen and oxygen atoms in total. The first-order chi connectivity index (χ1) is 9.97. The number of halogens is 2. The van der Waals surface area contributed by atoms with Crippen molar-refractivity contribution >= 4 is 40.9 Å². The van der Waals surface area contributed by atoms with Crippen LogP contribution in [0.4, 0.5) is 0 Å². The van der Waals surface area contributed by atoms with Crippen molar-refractivity contribution in [3.8, 4) is 0 Å². The lowest BCUT2D eigenvalue weighted by Gasteiger charge is -2.10. The first-order valence-corrected chi connectivity index (χ1v) is 8.02. The van der Waals surface area contributed by atoms with Gasteiger partial charge in [-0.3, -0.25) is 4.79 Å². The van der Waals surface area contributed by atoms with Gasteiger partial charge in [0.25, 0.3) is 0 Å². The third-order valence-electron chi connectivity index (χ3n) is 2.96. The fourth-order valence-corrected chi connectivity index (χ4v) is 3.18. The Balaban J connectivity index is 2.08. The van der Waals surface area contributed by atoms with Crippen LogP contribution in [0.2, 0.25) is 10.0 Å². The lowest BCUT2D eigenvalue weighted by molar-refractivity contribution is -0.133. The maximum absolute atomic E-state index is 10.7. The summed E-state index contributed by atoms with van der Waals surface area (Å²) in [5.41, 5.74) is 2.00. The Morgan fingerprint density at radius 2 is 2.19 bits per heavy atom. The summed E-state index contributed by atoms with van der Waals surface area (Å²) in [6.45, 7) is 2.64. The number of carboxylic acids is 1. The predicted octanol–water partition coefficient (Wildman–Crippen LogP) is 3.92. The summed E-state index contributed by atoms with van der Waals surface area (Å²) >= 11 is 13.3. The van der Waals surface area contributed by atoms with Crippen LogP contribution in [0.5, 0.6) is 0 Å². The Bertz CT molecular complexity index is 658. The topological polar surface area (TPSA) is 55.1 Å². The van der Waals surface area contributed by atoms with Crippen molar-refractivity contribution in [2.75, 3.05) is 5.75 Å². The second-order valence-corrected chi connectivity index (χ2v) is 6.29. The van der Waals surface area contributed by atoms with E-state index in [1.165, 1.54) is 11.8 Å². The molecule has 0 aliphatic heterocycles. The summed E-state index contributed by atoms with van der Waals surface area (Å²) in [5.74, 6) is -0.856. The summed E-state index contributed by atoms with van der Waals surface area (Å²) < 4.78 is 2.00. The summed E-state index contributed by atoms with van der Waals surface area (Å²) in [4.78, 5) is 14.9. The van der Waals surface area contributed by atoms with E-state index in [1.807, 2.05) is 23.6 Å². The van der Waals surface area contributed by atoms with E-state index in [0.717, 1.165) is 17.7 Å². The number of thioether (sulfide) groups is 1. The highest BCUT2D eigenvalue weighted by Gasteiger charge is 2.10. The van der Waals surface area contributed by atoms with Crippen LogP contribution in [-0.4, -0.2) is 26.4 Å². The lowest BCUT2D eigenvalue weighted by Crippen LogP contribution is -2.07. The third kappa shape index (κ3) is 4.40. The second-order valence-electron chi connectivity index (χ2n) is 4.50. The molecule has 0 fully saturated rings. The van der Waals surface area contributed by atoms with Gasteiger partial charge in [-0.2, -0.15) is 0 Å². The van der Waals surface area contributed by atoms with E-state index in [2.05, 4.69) is 4.98 Å². The van der Waals surface area contributed by atoms with Crippen LogP contribution in [0.1, 0.15) is 11.3 Å². The molecule has 2 aromatic rings. The van der Waals surface area contributed by atoms with Gasteiger partial charge in [-0.1, -0.05) is 41.0 Å². The van der Waals surface area contributed by atoms with Gasteiger partial charge in [-0.05, 0) is 31.0 Å². The molecule has 1 N–H and O–H groups in total. The minimum Gasteiger partial charge on any atom is -0.481 e. The SMILES string of the molecule is Cc1cnc(SCC(=O)O)n1CCc1ccc(Cl)cc1Cl. The number of carboxylic acid groups (broad SMARTS) is 1. The number of rotatable bonds is 6. The molecule has 0 radical (unpaired) electrons. The molecule has 0 saturated carbocycles. The minimum absolute atomic E-state index is 0.00183. The Hall–Kier alpha value is -1.17. The van der Waals surface area contributed by atoms with Crippen LogP contribution >= 0.6 is 35.0 Å². The van der Waals surface area contributed by atoms with E-state index < -0.39 is 5.97 Å². The van der Waals surface area contributed by atoms with Gasteiger partial charge in [0.2, 0.25) is 0 Å². The molecule has 0 amide bonds. The van der Waals surface area contributed by atoms with Gasteiger partial charge >= 0.3 is 5.97 Å². The summed E-state index contributed by atoms with van der Waals surface area (Å²) in [6.07, 6.45) is 2.47. The number of hydrogen-bond acceptors (Lipinski definition) is 3. The Morgan fingerprint density at radius 3 is 2.86 bits per heavy atom. The predicted molar refractivity (Wildman–Crippen MR) is 85.5 cm³/mol. The van der Waals surface area contributed by atoms with E-state index in [0.29, 0.717) is 21.7 Å². The highest BCUT2D eigenvalue weighted by molar-refractivity contribution is 7.99. The largest absolute Gasteiger partial charge is 0.481 e. The van der Waals surface area contributed by atoms with Crippen LogP contribution in [0, 0.1) is 6.92 Å². The fourth-order valence-electron chi connectivity index (χ4n) is 1.91. The molecule has 0 saturated heterocycles. The average molecular weight is 345 g/mol. The molecule has 0 bridgehead atoms. The normalized spacial score (nSPS) is 10.8. The molecule has 112 valence electrons. The summed E-state index contributed by atoms with van der Waals surface area (Å²) in [6, 6.07) is 5.43. The van der Waals surface area contributed by atoms with Crippen LogP contribution in [0.3, 0.4) is 0 Å². The summed E-state index contributed by atoms with van der Waals surface area (Å²) in [5, 5.41) is 10.7. The average Bonchev–Trinajstić information content (AvgIpc) is 2.76. The molecular weight excluding hydrogens is 331 g/mol. The van der Waals surface area contributed by atoms with Gasteiger partial charge in [0.15, 0.2) is 5.16 Å². The Morgan fingerprint density at radius 1 is 1.43 bits per heavy atom. The molecule has 0 spiro atoms. The van der Waals surface area contributed by atoms with Crippen molar-refractivity contribution in [1.29, 1.82) is 0 Å². The molecule has 1 aromatic heterocycles. The lowest BCUT2D eigenvalue weighted by atomic mass is 10.1. The first-order valence-electron chi connectivity index (χ1n) is 6.28.